The highest BCUT2D eigenvalue weighted by atomic mass is 19.1. The summed E-state index contributed by atoms with van der Waals surface area (Å²) in [6, 6.07) is 4.39. The number of amides is 1. The lowest BCUT2D eigenvalue weighted by Gasteiger charge is -2.11. The molecule has 0 aromatic heterocycles. The first-order valence-corrected chi connectivity index (χ1v) is 7.47. The summed E-state index contributed by atoms with van der Waals surface area (Å²) in [5.74, 6) is -0.893. The number of halogens is 1. The summed E-state index contributed by atoms with van der Waals surface area (Å²) >= 11 is 0. The Morgan fingerprint density at radius 2 is 2.23 bits per heavy atom. The molecule has 1 aromatic rings. The molecule has 1 unspecified atom stereocenters. The van der Waals surface area contributed by atoms with Crippen molar-refractivity contribution in [1.82, 2.24) is 10.6 Å². The van der Waals surface area contributed by atoms with Crippen molar-refractivity contribution in [2.24, 2.45) is 0 Å². The van der Waals surface area contributed by atoms with Gasteiger partial charge in [0.15, 0.2) is 17.3 Å². The second-order valence-electron chi connectivity index (χ2n) is 5.37. The zero-order valence-electron chi connectivity index (χ0n) is 12.7. The lowest BCUT2D eigenvalue weighted by Crippen LogP contribution is -2.37. The fraction of sp³-hybridized carbons (Fsp3) is 0.500. The maximum atomic E-state index is 13.5. The SMILES string of the molecule is COc1ccc(C(=O)CCC(=O)NCC2CCCN2)cc1F. The van der Waals surface area contributed by atoms with Crippen molar-refractivity contribution < 1.29 is 18.7 Å². The average Bonchev–Trinajstić information content (AvgIpc) is 3.03. The molecule has 5 nitrogen and oxygen atoms in total. The average molecular weight is 308 g/mol. The molecule has 2 rings (SSSR count). The van der Waals surface area contributed by atoms with Gasteiger partial charge in [0, 0.05) is 31.0 Å². The van der Waals surface area contributed by atoms with Crippen molar-refractivity contribution in [3.8, 4) is 5.75 Å². The highest BCUT2D eigenvalue weighted by molar-refractivity contribution is 5.98. The van der Waals surface area contributed by atoms with Crippen LogP contribution in [0.3, 0.4) is 0 Å². The molecule has 0 saturated carbocycles. The summed E-state index contributed by atoms with van der Waals surface area (Å²) in [7, 11) is 1.36. The molecule has 120 valence electrons. The number of carbonyl (C=O) groups is 2. The predicted octanol–water partition coefficient (Wildman–Crippen LogP) is 1.67. The van der Waals surface area contributed by atoms with Crippen molar-refractivity contribution in [1.29, 1.82) is 0 Å². The lowest BCUT2D eigenvalue weighted by molar-refractivity contribution is -0.121. The minimum absolute atomic E-state index is 0.0652. The van der Waals surface area contributed by atoms with E-state index >= 15 is 0 Å². The number of methoxy groups -OCH3 is 1. The number of hydrogen-bond donors (Lipinski definition) is 2. The van der Waals surface area contributed by atoms with E-state index in [0.29, 0.717) is 12.6 Å². The molecule has 6 heteroatoms. The Hall–Kier alpha value is -1.95. The highest BCUT2D eigenvalue weighted by Crippen LogP contribution is 2.18. The third-order valence-corrected chi connectivity index (χ3v) is 3.76. The Kier molecular flexibility index (Phi) is 5.89. The van der Waals surface area contributed by atoms with Gasteiger partial charge in [-0.05, 0) is 37.6 Å². The summed E-state index contributed by atoms with van der Waals surface area (Å²) < 4.78 is 18.3. The number of hydrogen-bond acceptors (Lipinski definition) is 4. The first-order valence-electron chi connectivity index (χ1n) is 7.47. The second-order valence-corrected chi connectivity index (χ2v) is 5.37. The molecule has 1 fully saturated rings. The molecule has 2 N–H and O–H groups in total. The minimum atomic E-state index is -0.579. The maximum absolute atomic E-state index is 13.5. The van der Waals surface area contributed by atoms with Gasteiger partial charge in [-0.2, -0.15) is 0 Å². The Morgan fingerprint density at radius 3 is 2.86 bits per heavy atom. The standard InChI is InChI=1S/C16H21FN2O3/c1-22-15-6-4-11(9-13(15)17)14(20)5-7-16(21)19-10-12-3-2-8-18-12/h4,6,9,12,18H,2-3,5,7-8,10H2,1H3,(H,19,21). The summed E-state index contributed by atoms with van der Waals surface area (Å²) in [5, 5.41) is 6.10. The number of ketones is 1. The Bertz CT molecular complexity index is 542. The third kappa shape index (κ3) is 4.53. The number of benzene rings is 1. The Labute approximate surface area is 129 Å². The van der Waals surface area contributed by atoms with Crippen LogP contribution in [0, 0.1) is 5.82 Å². The largest absolute Gasteiger partial charge is 0.494 e. The van der Waals surface area contributed by atoms with E-state index in [1.807, 2.05) is 0 Å². The zero-order valence-corrected chi connectivity index (χ0v) is 12.7. The van der Waals surface area contributed by atoms with Gasteiger partial charge in [-0.15, -0.1) is 0 Å². The molecular weight excluding hydrogens is 287 g/mol. The normalized spacial score (nSPS) is 17.3. The van der Waals surface area contributed by atoms with E-state index in [1.165, 1.54) is 19.2 Å². The van der Waals surface area contributed by atoms with Crippen molar-refractivity contribution in [2.75, 3.05) is 20.2 Å². The molecule has 1 saturated heterocycles. The van der Waals surface area contributed by atoms with Crippen LogP contribution in [0.15, 0.2) is 18.2 Å². The fourth-order valence-corrected chi connectivity index (χ4v) is 2.47. The lowest BCUT2D eigenvalue weighted by atomic mass is 10.1. The first kappa shape index (κ1) is 16.4. The summed E-state index contributed by atoms with van der Waals surface area (Å²) in [6.45, 7) is 1.58. The number of rotatable bonds is 7. The number of Topliss-reactive ketones (excluding diaryl/α,β-unsaturated/α-hetero) is 1. The number of carbonyl (C=O) groups excluding carboxylic acids is 2. The third-order valence-electron chi connectivity index (χ3n) is 3.76. The minimum Gasteiger partial charge on any atom is -0.494 e. The van der Waals surface area contributed by atoms with E-state index in [1.54, 1.807) is 0 Å². The monoisotopic (exact) mass is 308 g/mol. The van der Waals surface area contributed by atoms with Gasteiger partial charge in [-0.1, -0.05) is 0 Å². The van der Waals surface area contributed by atoms with E-state index in [-0.39, 0.29) is 35.8 Å². The summed E-state index contributed by atoms with van der Waals surface area (Å²) in [4.78, 5) is 23.7. The topological polar surface area (TPSA) is 67.4 Å². The smallest absolute Gasteiger partial charge is 0.220 e. The van der Waals surface area contributed by atoms with Gasteiger partial charge in [0.05, 0.1) is 7.11 Å². The van der Waals surface area contributed by atoms with E-state index in [0.717, 1.165) is 25.5 Å². The molecule has 0 spiro atoms. The van der Waals surface area contributed by atoms with Crippen molar-refractivity contribution in [3.63, 3.8) is 0 Å². The van der Waals surface area contributed by atoms with Gasteiger partial charge in [0.2, 0.25) is 5.91 Å². The molecule has 0 aliphatic carbocycles. The Balaban J connectivity index is 1.76. The fourth-order valence-electron chi connectivity index (χ4n) is 2.47. The van der Waals surface area contributed by atoms with E-state index in [9.17, 15) is 14.0 Å². The maximum Gasteiger partial charge on any atom is 0.220 e. The van der Waals surface area contributed by atoms with Crippen LogP contribution in [-0.4, -0.2) is 37.9 Å². The van der Waals surface area contributed by atoms with E-state index < -0.39 is 5.82 Å². The predicted molar refractivity (Wildman–Crippen MR) is 80.6 cm³/mol. The molecule has 1 aromatic carbocycles. The summed E-state index contributed by atoms with van der Waals surface area (Å²) in [5.41, 5.74) is 0.253. The first-order chi connectivity index (χ1) is 10.6. The molecule has 1 aliphatic heterocycles. The molecule has 0 bridgehead atoms. The van der Waals surface area contributed by atoms with Crippen molar-refractivity contribution >= 4 is 11.7 Å². The van der Waals surface area contributed by atoms with E-state index in [4.69, 9.17) is 4.74 Å². The summed E-state index contributed by atoms with van der Waals surface area (Å²) in [6.07, 6.45) is 2.36. The number of nitrogens with one attached hydrogen (secondary N) is 2. The van der Waals surface area contributed by atoms with Gasteiger partial charge in [-0.25, -0.2) is 4.39 Å². The molecule has 0 radical (unpaired) electrons. The molecule has 1 heterocycles. The van der Waals surface area contributed by atoms with Crippen LogP contribution in [0.4, 0.5) is 4.39 Å². The van der Waals surface area contributed by atoms with Crippen LogP contribution < -0.4 is 15.4 Å². The zero-order chi connectivity index (χ0) is 15.9. The quantitative estimate of drug-likeness (QED) is 0.752. The van der Waals surface area contributed by atoms with Crippen molar-refractivity contribution in [2.45, 2.75) is 31.7 Å². The van der Waals surface area contributed by atoms with Crippen molar-refractivity contribution in [3.05, 3.63) is 29.6 Å². The molecule has 1 atom stereocenters. The highest BCUT2D eigenvalue weighted by Gasteiger charge is 2.16. The van der Waals surface area contributed by atoms with Gasteiger partial charge in [0.25, 0.3) is 0 Å². The molecule has 1 amide bonds. The van der Waals surface area contributed by atoms with Gasteiger partial charge in [0.1, 0.15) is 0 Å². The molecule has 1 aliphatic rings. The Morgan fingerprint density at radius 1 is 1.41 bits per heavy atom. The van der Waals surface area contributed by atoms with Crippen LogP contribution in [0.25, 0.3) is 0 Å². The van der Waals surface area contributed by atoms with Crippen LogP contribution in [0.2, 0.25) is 0 Å². The number of ether oxygens (including phenoxy) is 1. The van der Waals surface area contributed by atoms with Crippen LogP contribution in [-0.2, 0) is 4.79 Å². The molecule has 22 heavy (non-hydrogen) atoms. The van der Waals surface area contributed by atoms with Gasteiger partial charge in [-0.3, -0.25) is 9.59 Å². The van der Waals surface area contributed by atoms with Gasteiger partial charge < -0.3 is 15.4 Å². The van der Waals surface area contributed by atoms with Crippen LogP contribution in [0.5, 0.6) is 5.75 Å². The van der Waals surface area contributed by atoms with Gasteiger partial charge >= 0.3 is 0 Å². The molecular formula is C16H21FN2O3. The van der Waals surface area contributed by atoms with Crippen LogP contribution in [0.1, 0.15) is 36.0 Å². The second kappa shape index (κ2) is 7.89. The van der Waals surface area contributed by atoms with E-state index in [2.05, 4.69) is 10.6 Å². The van der Waals surface area contributed by atoms with Crippen LogP contribution >= 0.6 is 0 Å².